The van der Waals surface area contributed by atoms with Crippen LogP contribution in [0, 0.1) is 6.92 Å². The zero-order valence-corrected chi connectivity index (χ0v) is 20.8. The Balaban J connectivity index is 2.04. The molecular formula is C26H33O6P. The van der Waals surface area contributed by atoms with Crippen molar-refractivity contribution in [3.05, 3.63) is 53.6 Å². The van der Waals surface area contributed by atoms with Gasteiger partial charge in [0.1, 0.15) is 17.3 Å². The highest BCUT2D eigenvalue weighted by Gasteiger charge is 2.31. The summed E-state index contributed by atoms with van der Waals surface area (Å²) in [6.45, 7) is 10.2. The molecule has 1 atom stereocenters. The Bertz CT molecular complexity index is 1070. The van der Waals surface area contributed by atoms with E-state index in [-0.39, 0.29) is 19.2 Å². The third kappa shape index (κ3) is 6.07. The molecule has 0 amide bonds. The number of rotatable bonds is 11. The highest BCUT2D eigenvalue weighted by Crippen LogP contribution is 2.54. The number of aryl methyl sites for hydroxylation is 2. The van der Waals surface area contributed by atoms with E-state index < -0.39 is 13.6 Å². The standard InChI is InChI=1S/C26H33O6P/c1-6-8-9-10-20-16-23-26(22-15-18(3)11-12-21(22)19(4)31-23)24(17-20)32-33(28,29-5)14-13-25(27)30-7-2/h11-12,15-17H,4,6-10,13-14H2,1-3,5H3. The second-order valence-corrected chi connectivity index (χ2v) is 10.4. The molecule has 1 unspecified atom stereocenters. The van der Waals surface area contributed by atoms with Crippen LogP contribution in [0.4, 0.5) is 0 Å². The van der Waals surface area contributed by atoms with E-state index in [9.17, 15) is 9.36 Å². The molecular weight excluding hydrogens is 439 g/mol. The predicted octanol–water partition coefficient (Wildman–Crippen LogP) is 6.93. The van der Waals surface area contributed by atoms with Crippen molar-refractivity contribution in [3.8, 4) is 22.6 Å². The van der Waals surface area contributed by atoms with Gasteiger partial charge in [-0.3, -0.25) is 4.79 Å². The van der Waals surface area contributed by atoms with Crippen molar-refractivity contribution in [1.82, 2.24) is 0 Å². The van der Waals surface area contributed by atoms with E-state index in [4.69, 9.17) is 18.5 Å². The summed E-state index contributed by atoms with van der Waals surface area (Å²) in [6, 6.07) is 9.92. The number of carbonyl (C=O) groups is 1. The van der Waals surface area contributed by atoms with Crippen LogP contribution >= 0.6 is 7.60 Å². The summed E-state index contributed by atoms with van der Waals surface area (Å²) in [5, 5.41) is 0. The first kappa shape index (κ1) is 25.1. The molecule has 1 heterocycles. The van der Waals surface area contributed by atoms with Crippen LogP contribution in [0.15, 0.2) is 36.9 Å². The molecule has 6 nitrogen and oxygen atoms in total. The first-order valence-electron chi connectivity index (χ1n) is 11.4. The first-order valence-corrected chi connectivity index (χ1v) is 13.2. The van der Waals surface area contributed by atoms with Crippen LogP contribution in [-0.2, 0) is 25.0 Å². The van der Waals surface area contributed by atoms with Crippen molar-refractivity contribution in [2.45, 2.75) is 52.9 Å². The van der Waals surface area contributed by atoms with Gasteiger partial charge in [0.25, 0.3) is 0 Å². The Kier molecular flexibility index (Phi) is 8.39. The number of ether oxygens (including phenoxy) is 2. The maximum absolute atomic E-state index is 13.5. The highest BCUT2D eigenvalue weighted by molar-refractivity contribution is 7.54. The lowest BCUT2D eigenvalue weighted by atomic mass is 9.91. The van der Waals surface area contributed by atoms with Crippen LogP contribution in [0.2, 0.25) is 0 Å². The molecule has 2 aromatic carbocycles. The Morgan fingerprint density at radius 3 is 2.61 bits per heavy atom. The molecule has 2 aromatic rings. The number of hydrogen-bond acceptors (Lipinski definition) is 6. The average molecular weight is 473 g/mol. The van der Waals surface area contributed by atoms with E-state index in [0.717, 1.165) is 47.9 Å². The number of benzene rings is 2. The first-order chi connectivity index (χ1) is 15.8. The molecule has 0 saturated carbocycles. The minimum absolute atomic E-state index is 0.0552. The second-order valence-electron chi connectivity index (χ2n) is 8.16. The summed E-state index contributed by atoms with van der Waals surface area (Å²) in [6.07, 6.45) is 3.95. The van der Waals surface area contributed by atoms with Crippen LogP contribution in [-0.4, -0.2) is 25.8 Å². The molecule has 1 aliphatic heterocycles. The molecule has 33 heavy (non-hydrogen) atoms. The molecule has 0 N–H and O–H groups in total. The van der Waals surface area contributed by atoms with Gasteiger partial charge in [0.15, 0.2) is 0 Å². The average Bonchev–Trinajstić information content (AvgIpc) is 2.78. The molecule has 0 fully saturated rings. The second kappa shape index (κ2) is 11.0. The van der Waals surface area contributed by atoms with Crippen molar-refractivity contribution in [2.24, 2.45) is 0 Å². The third-order valence-corrected chi connectivity index (χ3v) is 7.39. The number of unbranched alkanes of at least 4 members (excludes halogenated alkanes) is 2. The smallest absolute Gasteiger partial charge is 0.379 e. The normalized spacial score (nSPS) is 14.0. The van der Waals surface area contributed by atoms with Gasteiger partial charge in [-0.2, -0.15) is 0 Å². The largest absolute Gasteiger partial charge is 0.466 e. The summed E-state index contributed by atoms with van der Waals surface area (Å²) in [4.78, 5) is 11.8. The summed E-state index contributed by atoms with van der Waals surface area (Å²) in [5.74, 6) is 1.17. The summed E-state index contributed by atoms with van der Waals surface area (Å²) in [5.41, 5.74) is 4.58. The summed E-state index contributed by atoms with van der Waals surface area (Å²) >= 11 is 0. The molecule has 0 radical (unpaired) electrons. The van der Waals surface area contributed by atoms with E-state index in [1.54, 1.807) is 6.92 Å². The lowest BCUT2D eigenvalue weighted by Crippen LogP contribution is -2.11. The molecule has 0 bridgehead atoms. The SMILES string of the molecule is C=C1Oc2cc(CCCCC)cc(OP(=O)(CCC(=O)OCC)OC)c2-c2cc(C)ccc21. The van der Waals surface area contributed by atoms with Crippen molar-refractivity contribution in [2.75, 3.05) is 19.9 Å². The van der Waals surface area contributed by atoms with Crippen LogP contribution in [0.25, 0.3) is 16.9 Å². The Labute approximate surface area is 196 Å². The van der Waals surface area contributed by atoms with E-state index in [2.05, 4.69) is 13.5 Å². The van der Waals surface area contributed by atoms with Gasteiger partial charge in [-0.25, -0.2) is 4.57 Å². The summed E-state index contributed by atoms with van der Waals surface area (Å²) < 4.78 is 35.9. The van der Waals surface area contributed by atoms with E-state index in [1.807, 2.05) is 37.3 Å². The van der Waals surface area contributed by atoms with Crippen molar-refractivity contribution in [1.29, 1.82) is 0 Å². The minimum atomic E-state index is -3.62. The van der Waals surface area contributed by atoms with Gasteiger partial charge in [0.05, 0.1) is 24.8 Å². The van der Waals surface area contributed by atoms with Crippen molar-refractivity contribution < 1.29 is 27.9 Å². The Morgan fingerprint density at radius 1 is 1.12 bits per heavy atom. The van der Waals surface area contributed by atoms with Gasteiger partial charge in [0, 0.05) is 18.2 Å². The Hall–Kier alpha value is -2.56. The van der Waals surface area contributed by atoms with Gasteiger partial charge in [-0.15, -0.1) is 0 Å². The predicted molar refractivity (Wildman–Crippen MR) is 131 cm³/mol. The molecule has 0 aliphatic carbocycles. The zero-order valence-electron chi connectivity index (χ0n) is 19.9. The lowest BCUT2D eigenvalue weighted by molar-refractivity contribution is -0.142. The number of esters is 1. The molecule has 1 aliphatic rings. The van der Waals surface area contributed by atoms with Gasteiger partial charge >= 0.3 is 13.6 Å². The number of hydrogen-bond donors (Lipinski definition) is 0. The topological polar surface area (TPSA) is 71.1 Å². The molecule has 0 aromatic heterocycles. The molecule has 0 saturated heterocycles. The maximum Gasteiger partial charge on any atom is 0.379 e. The van der Waals surface area contributed by atoms with Gasteiger partial charge in [-0.05, 0) is 44.4 Å². The zero-order chi connectivity index (χ0) is 24.0. The fourth-order valence-electron chi connectivity index (χ4n) is 3.87. The summed E-state index contributed by atoms with van der Waals surface area (Å²) in [7, 11) is -2.28. The quantitative estimate of drug-likeness (QED) is 0.201. The van der Waals surface area contributed by atoms with Crippen LogP contribution in [0.5, 0.6) is 11.5 Å². The number of carbonyl (C=O) groups excluding carboxylic acids is 1. The minimum Gasteiger partial charge on any atom is -0.466 e. The molecule has 3 rings (SSSR count). The fourth-order valence-corrected chi connectivity index (χ4v) is 5.12. The van der Waals surface area contributed by atoms with E-state index in [0.29, 0.717) is 22.8 Å². The van der Waals surface area contributed by atoms with Gasteiger partial charge in [0.2, 0.25) is 0 Å². The molecule has 7 heteroatoms. The third-order valence-electron chi connectivity index (χ3n) is 5.58. The molecule has 0 spiro atoms. The van der Waals surface area contributed by atoms with Crippen molar-refractivity contribution in [3.63, 3.8) is 0 Å². The molecule has 178 valence electrons. The van der Waals surface area contributed by atoms with E-state index >= 15 is 0 Å². The fraction of sp³-hybridized carbons (Fsp3) is 0.423. The van der Waals surface area contributed by atoms with Crippen LogP contribution in [0.3, 0.4) is 0 Å². The monoisotopic (exact) mass is 472 g/mol. The Morgan fingerprint density at radius 2 is 1.91 bits per heavy atom. The van der Waals surface area contributed by atoms with Crippen molar-refractivity contribution >= 4 is 19.3 Å². The number of fused-ring (bicyclic) bond motifs is 3. The lowest BCUT2D eigenvalue weighted by Gasteiger charge is -2.27. The van der Waals surface area contributed by atoms with Gasteiger partial charge in [-0.1, -0.05) is 50.1 Å². The van der Waals surface area contributed by atoms with E-state index in [1.165, 1.54) is 7.11 Å². The van der Waals surface area contributed by atoms with Crippen LogP contribution in [0.1, 0.15) is 56.2 Å². The van der Waals surface area contributed by atoms with Gasteiger partial charge < -0.3 is 18.5 Å². The van der Waals surface area contributed by atoms with Crippen LogP contribution < -0.4 is 9.26 Å². The maximum atomic E-state index is 13.5. The highest BCUT2D eigenvalue weighted by atomic mass is 31.2.